The van der Waals surface area contributed by atoms with Gasteiger partial charge in [0.25, 0.3) is 0 Å². The van der Waals surface area contributed by atoms with Gasteiger partial charge in [-0.05, 0) is 12.0 Å². The summed E-state index contributed by atoms with van der Waals surface area (Å²) < 4.78 is 0. The summed E-state index contributed by atoms with van der Waals surface area (Å²) in [5.41, 5.74) is 2.25. The third kappa shape index (κ3) is 2.23. The van der Waals surface area contributed by atoms with E-state index in [-0.39, 0.29) is 12.6 Å². The Morgan fingerprint density at radius 3 is 3.12 bits per heavy atom. The first-order valence-corrected chi connectivity index (χ1v) is 5.60. The smallest absolute Gasteiger partial charge is 0.0695 e. The van der Waals surface area contributed by atoms with E-state index in [1.54, 1.807) is 0 Å². The number of para-hydroxylation sites is 1. The Morgan fingerprint density at radius 2 is 2.38 bits per heavy atom. The first-order valence-electron chi connectivity index (χ1n) is 5.60. The molecule has 0 saturated heterocycles. The van der Waals surface area contributed by atoms with Gasteiger partial charge in [0, 0.05) is 18.0 Å². The second-order valence-corrected chi connectivity index (χ2v) is 3.92. The number of hydrogen-bond donors (Lipinski definition) is 3. The van der Waals surface area contributed by atoms with Gasteiger partial charge in [0.1, 0.15) is 0 Å². The van der Waals surface area contributed by atoms with Crippen LogP contribution in [0.4, 0.5) is 0 Å². The van der Waals surface area contributed by atoms with Crippen molar-refractivity contribution in [2.45, 2.75) is 25.9 Å². The summed E-state index contributed by atoms with van der Waals surface area (Å²) >= 11 is 0. The molecule has 1 aromatic carbocycles. The first-order chi connectivity index (χ1) is 7.85. The van der Waals surface area contributed by atoms with Crippen molar-refractivity contribution in [1.29, 1.82) is 0 Å². The monoisotopic (exact) mass is 219 g/mol. The molecule has 0 unspecified atom stereocenters. The van der Waals surface area contributed by atoms with Gasteiger partial charge in [0.05, 0.1) is 18.3 Å². The molecule has 2 aromatic rings. The standard InChI is InChI=1S/C12H17N3O/c1-2-11(8-16)13-6-9-4-3-5-10-7-14-15-12(9)10/h3-5,7,11,13,16H,2,6,8H2,1H3,(H,14,15)/t11-/m1/s1. The zero-order valence-corrected chi connectivity index (χ0v) is 9.40. The highest BCUT2D eigenvalue weighted by Crippen LogP contribution is 2.15. The highest BCUT2D eigenvalue weighted by atomic mass is 16.3. The average molecular weight is 219 g/mol. The molecule has 0 fully saturated rings. The van der Waals surface area contributed by atoms with Crippen molar-refractivity contribution < 1.29 is 5.11 Å². The number of fused-ring (bicyclic) bond motifs is 1. The molecule has 0 amide bonds. The van der Waals surface area contributed by atoms with Crippen LogP contribution < -0.4 is 5.32 Å². The van der Waals surface area contributed by atoms with E-state index >= 15 is 0 Å². The Kier molecular flexibility index (Phi) is 3.54. The topological polar surface area (TPSA) is 60.9 Å². The fraction of sp³-hybridized carbons (Fsp3) is 0.417. The predicted molar refractivity (Wildman–Crippen MR) is 64.1 cm³/mol. The number of nitrogens with one attached hydrogen (secondary N) is 2. The fourth-order valence-electron chi connectivity index (χ4n) is 1.77. The molecule has 4 heteroatoms. The molecule has 1 aromatic heterocycles. The summed E-state index contributed by atoms with van der Waals surface area (Å²) in [6.45, 7) is 2.98. The van der Waals surface area contributed by atoms with Gasteiger partial charge in [-0.3, -0.25) is 5.10 Å². The van der Waals surface area contributed by atoms with Crippen LogP contribution in [-0.4, -0.2) is 28.0 Å². The number of aromatic nitrogens is 2. The van der Waals surface area contributed by atoms with Crippen molar-refractivity contribution in [3.05, 3.63) is 30.0 Å². The minimum Gasteiger partial charge on any atom is -0.395 e. The van der Waals surface area contributed by atoms with Crippen molar-refractivity contribution in [1.82, 2.24) is 15.5 Å². The van der Waals surface area contributed by atoms with Crippen molar-refractivity contribution in [2.24, 2.45) is 0 Å². The van der Waals surface area contributed by atoms with Crippen molar-refractivity contribution >= 4 is 10.9 Å². The van der Waals surface area contributed by atoms with Gasteiger partial charge in [-0.2, -0.15) is 5.10 Å². The number of aromatic amines is 1. The first kappa shape index (κ1) is 11.1. The SMILES string of the molecule is CC[C@H](CO)NCc1cccc2cn[nH]c12. The molecule has 1 atom stereocenters. The maximum absolute atomic E-state index is 9.09. The number of aliphatic hydroxyl groups excluding tert-OH is 1. The van der Waals surface area contributed by atoms with Gasteiger partial charge in [0.2, 0.25) is 0 Å². The van der Waals surface area contributed by atoms with Gasteiger partial charge in [-0.1, -0.05) is 25.1 Å². The second-order valence-electron chi connectivity index (χ2n) is 3.92. The highest BCUT2D eigenvalue weighted by Gasteiger charge is 2.06. The summed E-state index contributed by atoms with van der Waals surface area (Å²) in [5.74, 6) is 0. The largest absolute Gasteiger partial charge is 0.395 e. The lowest BCUT2D eigenvalue weighted by molar-refractivity contribution is 0.238. The fourth-order valence-corrected chi connectivity index (χ4v) is 1.77. The summed E-state index contributed by atoms with van der Waals surface area (Å²) in [4.78, 5) is 0. The molecular formula is C12H17N3O. The zero-order valence-electron chi connectivity index (χ0n) is 9.40. The lowest BCUT2D eigenvalue weighted by Crippen LogP contribution is -2.31. The summed E-state index contributed by atoms with van der Waals surface area (Å²) in [7, 11) is 0. The lowest BCUT2D eigenvalue weighted by Gasteiger charge is -2.14. The van der Waals surface area contributed by atoms with Gasteiger partial charge in [-0.15, -0.1) is 0 Å². The van der Waals surface area contributed by atoms with Crippen molar-refractivity contribution in [3.8, 4) is 0 Å². The predicted octanol–water partition coefficient (Wildman–Crippen LogP) is 1.42. The van der Waals surface area contributed by atoms with E-state index in [0.717, 1.165) is 23.9 Å². The van der Waals surface area contributed by atoms with Crippen molar-refractivity contribution in [3.63, 3.8) is 0 Å². The molecule has 86 valence electrons. The lowest BCUT2D eigenvalue weighted by atomic mass is 10.1. The van der Waals surface area contributed by atoms with Crippen LogP contribution >= 0.6 is 0 Å². The Hall–Kier alpha value is -1.39. The Bertz CT molecular complexity index is 448. The third-order valence-electron chi connectivity index (χ3n) is 2.86. The molecule has 4 nitrogen and oxygen atoms in total. The van der Waals surface area contributed by atoms with Crippen LogP contribution in [0.2, 0.25) is 0 Å². The van der Waals surface area contributed by atoms with Gasteiger partial charge < -0.3 is 10.4 Å². The van der Waals surface area contributed by atoms with Crippen molar-refractivity contribution in [2.75, 3.05) is 6.61 Å². The third-order valence-corrected chi connectivity index (χ3v) is 2.86. The van der Waals surface area contributed by atoms with Crippen LogP contribution in [0.25, 0.3) is 10.9 Å². The molecule has 0 aliphatic heterocycles. The summed E-state index contributed by atoms with van der Waals surface area (Å²) in [6, 6.07) is 6.29. The quantitative estimate of drug-likeness (QED) is 0.712. The van der Waals surface area contributed by atoms with Crippen LogP contribution in [0.15, 0.2) is 24.4 Å². The number of aliphatic hydroxyl groups is 1. The molecule has 0 aliphatic carbocycles. The Labute approximate surface area is 94.7 Å². The van der Waals surface area contributed by atoms with Crippen LogP contribution in [0.1, 0.15) is 18.9 Å². The minimum atomic E-state index is 0.165. The molecule has 0 radical (unpaired) electrons. The van der Waals surface area contributed by atoms with E-state index in [0.29, 0.717) is 0 Å². The average Bonchev–Trinajstić information content (AvgIpc) is 2.79. The van der Waals surface area contributed by atoms with Gasteiger partial charge in [-0.25, -0.2) is 0 Å². The zero-order chi connectivity index (χ0) is 11.4. The minimum absolute atomic E-state index is 0.165. The molecule has 0 bridgehead atoms. The van der Waals surface area contributed by atoms with Crippen LogP contribution in [0.3, 0.4) is 0 Å². The van der Waals surface area contributed by atoms with Crippen LogP contribution in [-0.2, 0) is 6.54 Å². The number of benzene rings is 1. The van der Waals surface area contributed by atoms with Crippen LogP contribution in [0.5, 0.6) is 0 Å². The maximum Gasteiger partial charge on any atom is 0.0695 e. The normalized spacial score (nSPS) is 13.1. The Balaban J connectivity index is 2.11. The summed E-state index contributed by atoms with van der Waals surface area (Å²) in [5, 5.41) is 20.6. The van der Waals surface area contributed by atoms with E-state index in [9.17, 15) is 0 Å². The highest BCUT2D eigenvalue weighted by molar-refractivity contribution is 5.81. The van der Waals surface area contributed by atoms with Gasteiger partial charge >= 0.3 is 0 Å². The molecule has 3 N–H and O–H groups in total. The summed E-state index contributed by atoms with van der Waals surface area (Å²) in [6.07, 6.45) is 2.75. The molecule has 2 rings (SSSR count). The van der Waals surface area contributed by atoms with Gasteiger partial charge in [0.15, 0.2) is 0 Å². The molecule has 0 saturated carbocycles. The molecule has 0 aliphatic rings. The van der Waals surface area contributed by atoms with E-state index in [2.05, 4.69) is 28.5 Å². The van der Waals surface area contributed by atoms with Crippen LogP contribution in [0, 0.1) is 0 Å². The van der Waals surface area contributed by atoms with E-state index in [1.807, 2.05) is 18.3 Å². The molecular weight excluding hydrogens is 202 g/mol. The molecule has 1 heterocycles. The molecule has 16 heavy (non-hydrogen) atoms. The number of hydrogen-bond acceptors (Lipinski definition) is 3. The Morgan fingerprint density at radius 1 is 1.50 bits per heavy atom. The maximum atomic E-state index is 9.09. The van der Waals surface area contributed by atoms with E-state index in [1.165, 1.54) is 5.56 Å². The number of rotatable bonds is 5. The van der Waals surface area contributed by atoms with E-state index < -0.39 is 0 Å². The second kappa shape index (κ2) is 5.09. The number of H-pyrrole nitrogens is 1. The number of nitrogens with zero attached hydrogens (tertiary/aromatic N) is 1. The molecule has 0 spiro atoms. The van der Waals surface area contributed by atoms with E-state index in [4.69, 9.17) is 5.11 Å².